The van der Waals surface area contributed by atoms with Gasteiger partial charge in [0.25, 0.3) is 5.91 Å². The van der Waals surface area contributed by atoms with Gasteiger partial charge in [-0.25, -0.2) is 17.9 Å². The van der Waals surface area contributed by atoms with Crippen molar-refractivity contribution < 1.29 is 22.7 Å². The first-order chi connectivity index (χ1) is 14.8. The number of hydrogen-bond acceptors (Lipinski definition) is 5. The Morgan fingerprint density at radius 2 is 1.61 bits per heavy atom. The van der Waals surface area contributed by atoms with Gasteiger partial charge in [0.1, 0.15) is 0 Å². The van der Waals surface area contributed by atoms with E-state index in [0.29, 0.717) is 16.8 Å². The molecular formula is C23H22N2O5S. The van der Waals surface area contributed by atoms with E-state index in [-0.39, 0.29) is 17.0 Å². The molecule has 3 rings (SSSR count). The largest absolute Gasteiger partial charge is 0.465 e. The number of ether oxygens (including phenoxy) is 1. The highest BCUT2D eigenvalue weighted by Gasteiger charge is 2.18. The second kappa shape index (κ2) is 9.55. The van der Waals surface area contributed by atoms with Crippen molar-refractivity contribution in [2.75, 3.05) is 12.4 Å². The zero-order valence-corrected chi connectivity index (χ0v) is 17.9. The molecule has 0 unspecified atom stereocenters. The summed E-state index contributed by atoms with van der Waals surface area (Å²) in [5.74, 6) is -0.932. The van der Waals surface area contributed by atoms with Gasteiger partial charge < -0.3 is 10.1 Å². The number of carbonyl (C=O) groups is 2. The molecule has 0 heterocycles. The summed E-state index contributed by atoms with van der Waals surface area (Å²) in [5.41, 5.74) is 2.51. The summed E-state index contributed by atoms with van der Waals surface area (Å²) in [6.07, 6.45) is 0. The number of rotatable bonds is 7. The average Bonchev–Trinajstić information content (AvgIpc) is 2.78. The number of amides is 1. The Bertz CT molecular complexity index is 1190. The Morgan fingerprint density at radius 1 is 0.935 bits per heavy atom. The molecule has 0 bridgehead atoms. The Balaban J connectivity index is 1.76. The van der Waals surface area contributed by atoms with Crippen LogP contribution in [0, 0.1) is 6.92 Å². The number of aryl methyl sites for hydroxylation is 1. The zero-order chi connectivity index (χ0) is 22.4. The molecular weight excluding hydrogens is 416 g/mol. The molecule has 160 valence electrons. The molecule has 0 spiro atoms. The smallest absolute Gasteiger partial charge is 0.337 e. The second-order valence-electron chi connectivity index (χ2n) is 6.81. The Kier molecular flexibility index (Phi) is 6.84. The lowest BCUT2D eigenvalue weighted by Crippen LogP contribution is -2.24. The maximum absolute atomic E-state index is 12.8. The molecule has 0 aliphatic rings. The predicted octanol–water partition coefficient (Wildman–Crippen LogP) is 3.51. The third-order valence-corrected chi connectivity index (χ3v) is 6.04. The Morgan fingerprint density at radius 3 is 2.26 bits per heavy atom. The monoisotopic (exact) mass is 438 g/mol. The fourth-order valence-electron chi connectivity index (χ4n) is 2.88. The third-order valence-electron chi connectivity index (χ3n) is 4.64. The molecule has 1 amide bonds. The van der Waals surface area contributed by atoms with E-state index >= 15 is 0 Å². The zero-order valence-electron chi connectivity index (χ0n) is 17.1. The predicted molar refractivity (Wildman–Crippen MR) is 117 cm³/mol. The minimum Gasteiger partial charge on any atom is -0.465 e. The third kappa shape index (κ3) is 5.56. The summed E-state index contributed by atoms with van der Waals surface area (Å²) < 4.78 is 32.6. The molecule has 3 aromatic rings. The summed E-state index contributed by atoms with van der Waals surface area (Å²) >= 11 is 0. The summed E-state index contributed by atoms with van der Waals surface area (Å²) in [6, 6.07) is 19.8. The van der Waals surface area contributed by atoms with Gasteiger partial charge in [0.05, 0.1) is 17.6 Å². The van der Waals surface area contributed by atoms with Gasteiger partial charge in [-0.2, -0.15) is 0 Å². The normalized spacial score (nSPS) is 11.0. The lowest BCUT2D eigenvalue weighted by Gasteiger charge is -2.12. The molecule has 0 aromatic heterocycles. The van der Waals surface area contributed by atoms with E-state index < -0.39 is 21.9 Å². The Labute approximate surface area is 181 Å². The van der Waals surface area contributed by atoms with Crippen molar-refractivity contribution in [1.29, 1.82) is 0 Å². The fraction of sp³-hybridized carbons (Fsp3) is 0.130. The fourth-order valence-corrected chi connectivity index (χ4v) is 3.92. The number of anilines is 1. The molecule has 0 radical (unpaired) electrons. The van der Waals surface area contributed by atoms with Crippen molar-refractivity contribution in [1.82, 2.24) is 4.72 Å². The standard InChI is InChI=1S/C23H22N2O5S/c1-16-8-13-20(31(28,29)24-15-17-6-4-3-5-7-17)14-21(16)22(26)25-19-11-9-18(10-12-19)23(27)30-2/h3-14,24H,15H2,1-2H3,(H,25,26). The van der Waals surface area contributed by atoms with Gasteiger partial charge in [-0.1, -0.05) is 36.4 Å². The molecule has 0 aliphatic heterocycles. The van der Waals surface area contributed by atoms with E-state index in [4.69, 9.17) is 0 Å². The quantitative estimate of drug-likeness (QED) is 0.550. The summed E-state index contributed by atoms with van der Waals surface area (Å²) in [7, 11) is -2.52. The molecule has 0 saturated carbocycles. The first kappa shape index (κ1) is 22.2. The molecule has 0 aliphatic carbocycles. The molecule has 8 heteroatoms. The van der Waals surface area contributed by atoms with Crippen LogP contribution in [0.4, 0.5) is 5.69 Å². The highest BCUT2D eigenvalue weighted by atomic mass is 32.2. The van der Waals surface area contributed by atoms with Crippen LogP contribution in [0.5, 0.6) is 0 Å². The molecule has 2 N–H and O–H groups in total. The van der Waals surface area contributed by atoms with Crippen molar-refractivity contribution in [3.63, 3.8) is 0 Å². The summed E-state index contributed by atoms with van der Waals surface area (Å²) in [6.45, 7) is 1.87. The maximum atomic E-state index is 12.8. The lowest BCUT2D eigenvalue weighted by atomic mass is 10.1. The second-order valence-corrected chi connectivity index (χ2v) is 8.58. The van der Waals surface area contributed by atoms with Gasteiger partial charge in [0, 0.05) is 17.8 Å². The average molecular weight is 439 g/mol. The molecule has 31 heavy (non-hydrogen) atoms. The van der Waals surface area contributed by atoms with Crippen LogP contribution >= 0.6 is 0 Å². The molecule has 7 nitrogen and oxygen atoms in total. The molecule has 0 saturated heterocycles. The highest BCUT2D eigenvalue weighted by molar-refractivity contribution is 7.89. The summed E-state index contributed by atoms with van der Waals surface area (Å²) in [5, 5.41) is 2.71. The van der Waals surface area contributed by atoms with Gasteiger partial charge in [0.15, 0.2) is 0 Å². The van der Waals surface area contributed by atoms with Gasteiger partial charge in [-0.3, -0.25) is 4.79 Å². The minimum atomic E-state index is -3.80. The van der Waals surface area contributed by atoms with Crippen molar-refractivity contribution in [3.05, 3.63) is 95.1 Å². The molecule has 3 aromatic carbocycles. The van der Waals surface area contributed by atoms with Gasteiger partial charge in [-0.15, -0.1) is 0 Å². The maximum Gasteiger partial charge on any atom is 0.337 e. The molecule has 0 atom stereocenters. The van der Waals surface area contributed by atoms with Crippen LogP contribution in [0.2, 0.25) is 0 Å². The van der Waals surface area contributed by atoms with E-state index in [1.54, 1.807) is 25.1 Å². The topological polar surface area (TPSA) is 102 Å². The summed E-state index contributed by atoms with van der Waals surface area (Å²) in [4.78, 5) is 24.3. The van der Waals surface area contributed by atoms with Crippen LogP contribution in [-0.2, 0) is 21.3 Å². The van der Waals surface area contributed by atoms with Crippen molar-refractivity contribution in [3.8, 4) is 0 Å². The van der Waals surface area contributed by atoms with E-state index in [9.17, 15) is 18.0 Å². The van der Waals surface area contributed by atoms with E-state index in [2.05, 4.69) is 14.8 Å². The number of carbonyl (C=O) groups excluding carboxylic acids is 2. The van der Waals surface area contributed by atoms with Crippen LogP contribution in [0.15, 0.2) is 77.7 Å². The number of methoxy groups -OCH3 is 1. The van der Waals surface area contributed by atoms with Crippen LogP contribution < -0.4 is 10.0 Å². The van der Waals surface area contributed by atoms with Gasteiger partial charge >= 0.3 is 5.97 Å². The minimum absolute atomic E-state index is 0.000204. The van der Waals surface area contributed by atoms with Crippen LogP contribution in [0.25, 0.3) is 0 Å². The Hall–Kier alpha value is -3.49. The number of nitrogens with one attached hydrogen (secondary N) is 2. The van der Waals surface area contributed by atoms with Crippen molar-refractivity contribution in [2.24, 2.45) is 0 Å². The lowest BCUT2D eigenvalue weighted by molar-refractivity contribution is 0.0600. The van der Waals surface area contributed by atoms with E-state index in [0.717, 1.165) is 5.56 Å². The van der Waals surface area contributed by atoms with Crippen LogP contribution in [0.3, 0.4) is 0 Å². The van der Waals surface area contributed by atoms with Crippen LogP contribution in [0.1, 0.15) is 31.8 Å². The van der Waals surface area contributed by atoms with E-state index in [1.165, 1.54) is 31.4 Å². The van der Waals surface area contributed by atoms with Crippen LogP contribution in [-0.4, -0.2) is 27.4 Å². The number of hydrogen-bond donors (Lipinski definition) is 2. The first-order valence-corrected chi connectivity index (χ1v) is 10.9. The SMILES string of the molecule is COC(=O)c1ccc(NC(=O)c2cc(S(=O)(=O)NCc3ccccc3)ccc2C)cc1. The molecule has 0 fully saturated rings. The van der Waals surface area contributed by atoms with Crippen molar-refractivity contribution >= 4 is 27.6 Å². The number of benzene rings is 3. The first-order valence-electron chi connectivity index (χ1n) is 9.44. The number of sulfonamides is 1. The highest BCUT2D eigenvalue weighted by Crippen LogP contribution is 2.18. The van der Waals surface area contributed by atoms with Gasteiger partial charge in [-0.05, 0) is 54.4 Å². The van der Waals surface area contributed by atoms with Crippen molar-refractivity contribution in [2.45, 2.75) is 18.4 Å². The van der Waals surface area contributed by atoms with E-state index in [1.807, 2.05) is 30.3 Å². The van der Waals surface area contributed by atoms with Gasteiger partial charge in [0.2, 0.25) is 10.0 Å². The number of esters is 1.